The minimum atomic E-state index is 0.727. The zero-order valence-corrected chi connectivity index (χ0v) is 28.4. The summed E-state index contributed by atoms with van der Waals surface area (Å²) in [6, 6.07) is 65.1. The third kappa shape index (κ3) is 5.10. The normalized spacial score (nSPS) is 11.5. The Hall–Kier alpha value is -6.42. The van der Waals surface area contributed by atoms with Crippen LogP contribution in [0, 0.1) is 0 Å². The van der Waals surface area contributed by atoms with Crippen LogP contribution >= 0.6 is 11.3 Å². The number of rotatable bonds is 5. The molecule has 0 N–H and O–H groups in total. The lowest BCUT2D eigenvalue weighted by atomic mass is 9.84. The fourth-order valence-electron chi connectivity index (χ4n) is 7.52. The second kappa shape index (κ2) is 12.2. The fraction of sp³-hybridized carbons (Fsp3) is 0. The van der Waals surface area contributed by atoms with Gasteiger partial charge in [-0.2, -0.15) is 0 Å². The molecule has 0 unspecified atom stereocenters. The molecule has 0 saturated carbocycles. The van der Waals surface area contributed by atoms with E-state index in [0.717, 1.165) is 33.2 Å². The van der Waals surface area contributed by atoms with Crippen LogP contribution in [0.1, 0.15) is 0 Å². The summed E-state index contributed by atoms with van der Waals surface area (Å²) in [6.07, 6.45) is 0. The van der Waals surface area contributed by atoms with Crippen LogP contribution in [-0.4, -0.2) is 9.97 Å². The molecule has 51 heavy (non-hydrogen) atoms. The summed E-state index contributed by atoms with van der Waals surface area (Å²) in [7, 11) is 0. The van der Waals surface area contributed by atoms with Crippen LogP contribution in [0.25, 0.3) is 97.9 Å². The molecule has 0 bridgehead atoms. The summed E-state index contributed by atoms with van der Waals surface area (Å²) in [5, 5.41) is 8.77. The molecule has 10 rings (SSSR count). The first-order valence-corrected chi connectivity index (χ1v) is 18.1. The van der Waals surface area contributed by atoms with Gasteiger partial charge < -0.3 is 0 Å². The van der Waals surface area contributed by atoms with Gasteiger partial charge in [-0.15, -0.1) is 11.3 Å². The Morgan fingerprint density at radius 3 is 1.67 bits per heavy atom. The van der Waals surface area contributed by atoms with Gasteiger partial charge in [-0.25, -0.2) is 9.97 Å². The van der Waals surface area contributed by atoms with Crippen LogP contribution in [0.5, 0.6) is 0 Å². The van der Waals surface area contributed by atoms with E-state index in [0.29, 0.717) is 0 Å². The monoisotopic (exact) mass is 666 g/mol. The van der Waals surface area contributed by atoms with Gasteiger partial charge in [0.25, 0.3) is 0 Å². The molecule has 0 saturated heterocycles. The van der Waals surface area contributed by atoms with E-state index in [9.17, 15) is 0 Å². The number of nitrogens with zero attached hydrogens (tertiary/aromatic N) is 2. The number of fused-ring (bicyclic) bond motifs is 5. The standard InChI is InChI=1S/C48H30N2S/c1-3-14-33(15-4-1)46-39-21-11-10-20-38(39)45(40-28-27-31-13-7-9-19-37(31)47(40)46)34-25-23-32(24-26-34)41-30-42(44-29-36-18-8-12-22-43(36)51-44)50-48(49-41)35-16-5-2-6-17-35/h1-30H. The van der Waals surface area contributed by atoms with E-state index in [1.54, 1.807) is 11.3 Å². The minimum absolute atomic E-state index is 0.727. The minimum Gasteiger partial charge on any atom is -0.228 e. The van der Waals surface area contributed by atoms with Crippen LogP contribution in [-0.2, 0) is 0 Å². The van der Waals surface area contributed by atoms with Crippen molar-refractivity contribution in [3.05, 3.63) is 182 Å². The Balaban J connectivity index is 1.17. The van der Waals surface area contributed by atoms with E-state index >= 15 is 0 Å². The van der Waals surface area contributed by atoms with Gasteiger partial charge in [-0.05, 0) is 78.2 Å². The van der Waals surface area contributed by atoms with Crippen molar-refractivity contribution in [2.45, 2.75) is 0 Å². The Morgan fingerprint density at radius 1 is 0.353 bits per heavy atom. The maximum Gasteiger partial charge on any atom is 0.160 e. The van der Waals surface area contributed by atoms with Crippen molar-refractivity contribution in [1.82, 2.24) is 9.97 Å². The third-order valence-corrected chi connectivity index (χ3v) is 11.0. The molecule has 0 aliphatic carbocycles. The molecular formula is C48H30N2S. The van der Waals surface area contributed by atoms with Gasteiger partial charge in [0, 0.05) is 15.8 Å². The summed E-state index contributed by atoms with van der Waals surface area (Å²) in [6.45, 7) is 0. The molecule has 2 aromatic heterocycles. The molecule has 0 atom stereocenters. The fourth-order valence-corrected chi connectivity index (χ4v) is 8.54. The molecule has 0 radical (unpaired) electrons. The molecule has 0 aliphatic rings. The van der Waals surface area contributed by atoms with E-state index in [1.807, 2.05) is 18.2 Å². The first-order chi connectivity index (χ1) is 25.3. The van der Waals surface area contributed by atoms with Crippen molar-refractivity contribution in [1.29, 1.82) is 0 Å². The second-order valence-corrected chi connectivity index (χ2v) is 14.0. The summed E-state index contributed by atoms with van der Waals surface area (Å²) < 4.78 is 1.25. The Morgan fingerprint density at radius 2 is 0.922 bits per heavy atom. The topological polar surface area (TPSA) is 25.8 Å². The molecule has 238 valence electrons. The van der Waals surface area contributed by atoms with Crippen molar-refractivity contribution in [3.63, 3.8) is 0 Å². The molecule has 2 nitrogen and oxygen atoms in total. The van der Waals surface area contributed by atoms with Crippen LogP contribution < -0.4 is 0 Å². The average molecular weight is 667 g/mol. The number of hydrogen-bond acceptors (Lipinski definition) is 3. The van der Waals surface area contributed by atoms with Crippen LogP contribution in [0.2, 0.25) is 0 Å². The maximum absolute atomic E-state index is 5.13. The van der Waals surface area contributed by atoms with Gasteiger partial charge in [0.2, 0.25) is 0 Å². The summed E-state index contributed by atoms with van der Waals surface area (Å²) in [4.78, 5) is 11.4. The third-order valence-electron chi connectivity index (χ3n) is 9.88. The molecule has 3 heteroatoms. The molecule has 8 aromatic carbocycles. The molecule has 10 aromatic rings. The van der Waals surface area contributed by atoms with Crippen molar-refractivity contribution in [2.24, 2.45) is 0 Å². The lowest BCUT2D eigenvalue weighted by Crippen LogP contribution is -1.95. The highest BCUT2D eigenvalue weighted by molar-refractivity contribution is 7.22. The van der Waals surface area contributed by atoms with Gasteiger partial charge in [-0.1, -0.05) is 164 Å². The van der Waals surface area contributed by atoms with Crippen molar-refractivity contribution < 1.29 is 0 Å². The molecule has 0 aliphatic heterocycles. The highest BCUT2D eigenvalue weighted by Gasteiger charge is 2.19. The van der Waals surface area contributed by atoms with Gasteiger partial charge >= 0.3 is 0 Å². The quantitative estimate of drug-likeness (QED) is 0.135. The SMILES string of the molecule is c1ccc(-c2nc(-c3ccc(-c4c5ccccc5c(-c5ccccc5)c5c4ccc4ccccc45)cc3)cc(-c3cc4ccccc4s3)n2)cc1. The number of hydrogen-bond donors (Lipinski definition) is 0. The summed E-state index contributed by atoms with van der Waals surface area (Å²) >= 11 is 1.77. The smallest absolute Gasteiger partial charge is 0.160 e. The Bertz CT molecular complexity index is 2860. The first kappa shape index (κ1) is 29.5. The van der Waals surface area contributed by atoms with Gasteiger partial charge in [0.05, 0.1) is 16.3 Å². The zero-order chi connectivity index (χ0) is 33.7. The summed E-state index contributed by atoms with van der Waals surface area (Å²) in [5.41, 5.74) is 8.83. The van der Waals surface area contributed by atoms with E-state index < -0.39 is 0 Å². The number of aromatic nitrogens is 2. The maximum atomic E-state index is 5.13. The van der Waals surface area contributed by atoms with Crippen LogP contribution in [0.4, 0.5) is 0 Å². The van der Waals surface area contributed by atoms with E-state index in [4.69, 9.17) is 9.97 Å². The van der Waals surface area contributed by atoms with Gasteiger partial charge in [-0.3, -0.25) is 0 Å². The number of thiophene rings is 1. The zero-order valence-electron chi connectivity index (χ0n) is 27.6. The largest absolute Gasteiger partial charge is 0.228 e. The molecule has 0 spiro atoms. The van der Waals surface area contributed by atoms with E-state index in [2.05, 4.69) is 164 Å². The van der Waals surface area contributed by atoms with Gasteiger partial charge in [0.1, 0.15) is 0 Å². The lowest BCUT2D eigenvalue weighted by Gasteiger charge is -2.19. The number of benzene rings is 8. The highest BCUT2D eigenvalue weighted by Crippen LogP contribution is 2.46. The Kier molecular flexibility index (Phi) is 7.04. The van der Waals surface area contributed by atoms with Gasteiger partial charge in [0.15, 0.2) is 5.82 Å². The van der Waals surface area contributed by atoms with E-state index in [-0.39, 0.29) is 0 Å². The highest BCUT2D eigenvalue weighted by atomic mass is 32.1. The van der Waals surface area contributed by atoms with Crippen LogP contribution in [0.3, 0.4) is 0 Å². The van der Waals surface area contributed by atoms with Crippen molar-refractivity contribution >= 4 is 53.7 Å². The van der Waals surface area contributed by atoms with Crippen molar-refractivity contribution in [3.8, 4) is 55.5 Å². The average Bonchev–Trinajstić information content (AvgIpc) is 3.65. The molecule has 2 heterocycles. The van der Waals surface area contributed by atoms with E-state index in [1.165, 1.54) is 64.7 Å². The van der Waals surface area contributed by atoms with Crippen LogP contribution in [0.15, 0.2) is 182 Å². The molecule has 0 fully saturated rings. The molecule has 0 amide bonds. The predicted octanol–water partition coefficient (Wildman–Crippen LogP) is 13.5. The predicted molar refractivity (Wildman–Crippen MR) is 217 cm³/mol. The molecular weight excluding hydrogens is 637 g/mol. The van der Waals surface area contributed by atoms with Crippen molar-refractivity contribution in [2.75, 3.05) is 0 Å². The second-order valence-electron chi connectivity index (χ2n) is 12.9. The Labute approximate surface area is 300 Å². The lowest BCUT2D eigenvalue weighted by molar-refractivity contribution is 1.19. The first-order valence-electron chi connectivity index (χ1n) is 17.2. The summed E-state index contributed by atoms with van der Waals surface area (Å²) in [5.74, 6) is 0.727.